The molecular formula is C15H21BrN4. The average molecular weight is 337 g/mol. The zero-order chi connectivity index (χ0) is 14.5. The molecule has 1 aromatic rings. The van der Waals surface area contributed by atoms with Gasteiger partial charge in [-0.3, -0.25) is 4.90 Å². The minimum absolute atomic E-state index is 0.0663. The van der Waals surface area contributed by atoms with Gasteiger partial charge in [-0.25, -0.2) is 4.98 Å². The molecule has 2 heterocycles. The molecule has 0 amide bonds. The Morgan fingerprint density at radius 3 is 2.65 bits per heavy atom. The van der Waals surface area contributed by atoms with Crippen molar-refractivity contribution in [3.63, 3.8) is 0 Å². The molecule has 1 aliphatic rings. The van der Waals surface area contributed by atoms with Gasteiger partial charge in [-0.2, -0.15) is 5.26 Å². The summed E-state index contributed by atoms with van der Waals surface area (Å²) in [5.74, 6) is 1.01. The Morgan fingerprint density at radius 1 is 1.40 bits per heavy atom. The summed E-state index contributed by atoms with van der Waals surface area (Å²) in [5, 5.41) is 9.24. The molecule has 108 valence electrons. The van der Waals surface area contributed by atoms with E-state index in [2.05, 4.69) is 49.8 Å². The molecule has 0 radical (unpaired) electrons. The Kier molecular flexibility index (Phi) is 5.38. The second-order valence-electron chi connectivity index (χ2n) is 5.27. The van der Waals surface area contributed by atoms with Crippen LogP contribution in [0, 0.1) is 18.3 Å². The summed E-state index contributed by atoms with van der Waals surface area (Å²) in [4.78, 5) is 9.11. The molecule has 1 saturated heterocycles. The molecule has 0 saturated carbocycles. The third-order valence-electron chi connectivity index (χ3n) is 3.72. The van der Waals surface area contributed by atoms with E-state index in [0.29, 0.717) is 0 Å². The second-order valence-corrected chi connectivity index (χ2v) is 6.13. The quantitative estimate of drug-likeness (QED) is 0.847. The van der Waals surface area contributed by atoms with Gasteiger partial charge in [0.25, 0.3) is 0 Å². The largest absolute Gasteiger partial charge is 0.353 e. The SMILES string of the molecule is CCCC(C#N)N1CCN(c2ncc(C)cc2Br)CC1. The first kappa shape index (κ1) is 15.3. The van der Waals surface area contributed by atoms with E-state index in [1.807, 2.05) is 13.1 Å². The number of nitrogens with zero attached hydrogens (tertiary/aromatic N) is 4. The lowest BCUT2D eigenvalue weighted by atomic mass is 10.1. The van der Waals surface area contributed by atoms with Crippen molar-refractivity contribution in [1.29, 1.82) is 5.26 Å². The Bertz CT molecular complexity index is 489. The molecule has 20 heavy (non-hydrogen) atoms. The van der Waals surface area contributed by atoms with Crippen molar-refractivity contribution in [3.05, 3.63) is 22.3 Å². The van der Waals surface area contributed by atoms with Crippen LogP contribution in [-0.2, 0) is 0 Å². The first-order valence-electron chi connectivity index (χ1n) is 7.16. The van der Waals surface area contributed by atoms with E-state index in [0.717, 1.165) is 54.9 Å². The van der Waals surface area contributed by atoms with Gasteiger partial charge in [0.15, 0.2) is 0 Å². The third-order valence-corrected chi connectivity index (χ3v) is 4.31. The lowest BCUT2D eigenvalue weighted by Gasteiger charge is -2.37. The van der Waals surface area contributed by atoms with Gasteiger partial charge < -0.3 is 4.90 Å². The van der Waals surface area contributed by atoms with Crippen LogP contribution in [0.15, 0.2) is 16.7 Å². The number of aryl methyl sites for hydroxylation is 1. The van der Waals surface area contributed by atoms with Crippen LogP contribution in [0.4, 0.5) is 5.82 Å². The molecule has 5 heteroatoms. The standard InChI is InChI=1S/C15H21BrN4/c1-3-4-13(10-17)19-5-7-20(8-6-19)15-14(16)9-12(2)11-18-15/h9,11,13H,3-8H2,1-2H3. The highest BCUT2D eigenvalue weighted by molar-refractivity contribution is 9.10. The minimum atomic E-state index is 0.0663. The topological polar surface area (TPSA) is 43.2 Å². The number of anilines is 1. The van der Waals surface area contributed by atoms with E-state index in [4.69, 9.17) is 0 Å². The second kappa shape index (κ2) is 7.05. The maximum absolute atomic E-state index is 9.24. The summed E-state index contributed by atoms with van der Waals surface area (Å²) < 4.78 is 1.05. The van der Waals surface area contributed by atoms with Crippen LogP contribution in [0.2, 0.25) is 0 Å². The molecule has 0 N–H and O–H groups in total. The lowest BCUT2D eigenvalue weighted by molar-refractivity contribution is 0.211. The van der Waals surface area contributed by atoms with Crippen LogP contribution in [0.5, 0.6) is 0 Å². The zero-order valence-electron chi connectivity index (χ0n) is 12.1. The molecular weight excluding hydrogens is 316 g/mol. The summed E-state index contributed by atoms with van der Waals surface area (Å²) in [6.07, 6.45) is 3.92. The molecule has 0 aromatic carbocycles. The van der Waals surface area contributed by atoms with E-state index in [1.165, 1.54) is 0 Å². The van der Waals surface area contributed by atoms with Crippen LogP contribution in [0.1, 0.15) is 25.3 Å². The Morgan fingerprint density at radius 2 is 2.10 bits per heavy atom. The number of piperazine rings is 1. The Balaban J connectivity index is 1.99. The van der Waals surface area contributed by atoms with Crippen LogP contribution in [-0.4, -0.2) is 42.1 Å². The summed E-state index contributed by atoms with van der Waals surface area (Å²) in [6.45, 7) is 7.89. The maximum atomic E-state index is 9.24. The zero-order valence-corrected chi connectivity index (χ0v) is 13.7. The number of rotatable bonds is 4. The van der Waals surface area contributed by atoms with E-state index in [-0.39, 0.29) is 6.04 Å². The van der Waals surface area contributed by atoms with Crippen molar-refractivity contribution in [2.45, 2.75) is 32.7 Å². The van der Waals surface area contributed by atoms with Crippen LogP contribution >= 0.6 is 15.9 Å². The van der Waals surface area contributed by atoms with Gasteiger partial charge in [0.2, 0.25) is 0 Å². The molecule has 0 spiro atoms. The Hall–Kier alpha value is -1.12. The maximum Gasteiger partial charge on any atom is 0.142 e. The fourth-order valence-electron chi connectivity index (χ4n) is 2.61. The summed E-state index contributed by atoms with van der Waals surface area (Å²) >= 11 is 3.60. The first-order valence-corrected chi connectivity index (χ1v) is 7.95. The lowest BCUT2D eigenvalue weighted by Crippen LogP contribution is -2.50. The molecule has 4 nitrogen and oxygen atoms in total. The summed E-state index contributed by atoms with van der Waals surface area (Å²) in [7, 11) is 0. The average Bonchev–Trinajstić information content (AvgIpc) is 2.45. The van der Waals surface area contributed by atoms with Crippen molar-refractivity contribution < 1.29 is 0 Å². The van der Waals surface area contributed by atoms with Crippen LogP contribution in [0.3, 0.4) is 0 Å². The van der Waals surface area contributed by atoms with Gasteiger partial charge in [-0.05, 0) is 40.9 Å². The monoisotopic (exact) mass is 336 g/mol. The number of aromatic nitrogens is 1. The van der Waals surface area contributed by atoms with Crippen LogP contribution < -0.4 is 4.90 Å². The Labute approximate surface area is 129 Å². The number of nitriles is 1. The van der Waals surface area contributed by atoms with Crippen molar-refractivity contribution in [2.75, 3.05) is 31.1 Å². The fourth-order valence-corrected chi connectivity index (χ4v) is 3.32. The number of hydrogen-bond donors (Lipinski definition) is 0. The van der Waals surface area contributed by atoms with Crippen molar-refractivity contribution in [2.24, 2.45) is 0 Å². The highest BCUT2D eigenvalue weighted by Crippen LogP contribution is 2.25. The minimum Gasteiger partial charge on any atom is -0.353 e. The normalized spacial score (nSPS) is 17.8. The van der Waals surface area contributed by atoms with E-state index < -0.39 is 0 Å². The van der Waals surface area contributed by atoms with Crippen molar-refractivity contribution in [1.82, 2.24) is 9.88 Å². The number of halogens is 1. The van der Waals surface area contributed by atoms with Gasteiger partial charge >= 0.3 is 0 Å². The van der Waals surface area contributed by atoms with E-state index >= 15 is 0 Å². The predicted molar refractivity (Wildman–Crippen MR) is 84.8 cm³/mol. The molecule has 1 unspecified atom stereocenters. The van der Waals surface area contributed by atoms with Gasteiger partial charge in [0.05, 0.1) is 16.6 Å². The molecule has 2 rings (SSSR count). The van der Waals surface area contributed by atoms with Crippen molar-refractivity contribution in [3.8, 4) is 6.07 Å². The molecule has 0 bridgehead atoms. The highest BCUT2D eigenvalue weighted by Gasteiger charge is 2.24. The van der Waals surface area contributed by atoms with Crippen LogP contribution in [0.25, 0.3) is 0 Å². The molecule has 1 atom stereocenters. The summed E-state index contributed by atoms with van der Waals surface area (Å²) in [6, 6.07) is 4.60. The first-order chi connectivity index (χ1) is 9.65. The molecule has 1 aliphatic heterocycles. The molecule has 1 fully saturated rings. The summed E-state index contributed by atoms with van der Waals surface area (Å²) in [5.41, 5.74) is 1.16. The molecule has 0 aliphatic carbocycles. The smallest absolute Gasteiger partial charge is 0.142 e. The van der Waals surface area contributed by atoms with Gasteiger partial charge in [-0.15, -0.1) is 0 Å². The highest BCUT2D eigenvalue weighted by atomic mass is 79.9. The number of hydrogen-bond acceptors (Lipinski definition) is 4. The number of pyridine rings is 1. The van der Waals surface area contributed by atoms with E-state index in [1.54, 1.807) is 0 Å². The third kappa shape index (κ3) is 3.50. The fraction of sp³-hybridized carbons (Fsp3) is 0.600. The van der Waals surface area contributed by atoms with Gasteiger partial charge in [0.1, 0.15) is 5.82 Å². The van der Waals surface area contributed by atoms with Crippen molar-refractivity contribution >= 4 is 21.7 Å². The molecule has 1 aromatic heterocycles. The van der Waals surface area contributed by atoms with Gasteiger partial charge in [0, 0.05) is 32.4 Å². The predicted octanol–water partition coefficient (Wildman–Crippen LogP) is 2.97. The van der Waals surface area contributed by atoms with E-state index in [9.17, 15) is 5.26 Å². The van der Waals surface area contributed by atoms with Gasteiger partial charge in [-0.1, -0.05) is 13.3 Å².